The smallest absolute Gasteiger partial charge is 0.119 e. The lowest BCUT2D eigenvalue weighted by atomic mass is 10.2. The summed E-state index contributed by atoms with van der Waals surface area (Å²) in [7, 11) is 0. The molecule has 0 saturated heterocycles. The number of hydrogen-bond donors (Lipinski definition) is 2. The molecule has 0 aliphatic heterocycles. The first-order valence-corrected chi connectivity index (χ1v) is 6.69. The molecule has 2 N–H and O–H groups in total. The molecule has 0 fully saturated rings. The van der Waals surface area contributed by atoms with Crippen molar-refractivity contribution in [3.63, 3.8) is 0 Å². The van der Waals surface area contributed by atoms with Crippen LogP contribution in [0.3, 0.4) is 0 Å². The molecule has 1 aromatic carbocycles. The summed E-state index contributed by atoms with van der Waals surface area (Å²) in [6, 6.07) is 5.95. The largest absolute Gasteiger partial charge is 0.493 e. The fourth-order valence-corrected chi connectivity index (χ4v) is 1.71. The van der Waals surface area contributed by atoms with Crippen molar-refractivity contribution in [1.82, 2.24) is 5.32 Å². The highest BCUT2D eigenvalue weighted by Gasteiger charge is 2.04. The number of hydrogen-bond acceptors (Lipinski definition) is 3. The number of benzene rings is 1. The quantitative estimate of drug-likeness (QED) is 0.813. The van der Waals surface area contributed by atoms with Gasteiger partial charge in [-0.2, -0.15) is 0 Å². The Morgan fingerprint density at radius 2 is 2.24 bits per heavy atom. The van der Waals surface area contributed by atoms with Crippen molar-refractivity contribution in [2.24, 2.45) is 5.92 Å². The molecule has 0 aliphatic carbocycles. The van der Waals surface area contributed by atoms with Crippen LogP contribution < -0.4 is 10.1 Å². The van der Waals surface area contributed by atoms with E-state index in [4.69, 9.17) is 9.84 Å². The third-order valence-electron chi connectivity index (χ3n) is 2.43. The van der Waals surface area contributed by atoms with Crippen LogP contribution in [0.2, 0.25) is 0 Å². The molecule has 0 spiro atoms. The number of halogens is 1. The van der Waals surface area contributed by atoms with Gasteiger partial charge in [0, 0.05) is 23.5 Å². The molecule has 0 aromatic heterocycles. The summed E-state index contributed by atoms with van der Waals surface area (Å²) in [5.74, 6) is 1.01. The Bertz CT molecular complexity index is 344. The van der Waals surface area contributed by atoms with E-state index in [2.05, 4.69) is 28.2 Å². The fraction of sp³-hybridized carbons (Fsp3) is 0.538. The zero-order valence-electron chi connectivity index (χ0n) is 10.4. The van der Waals surface area contributed by atoms with Gasteiger partial charge in [0.2, 0.25) is 0 Å². The average molecular weight is 302 g/mol. The number of ether oxygens (including phenoxy) is 1. The standard InChI is InChI=1S/C13H20BrNO2/c1-3-15-7-11-6-12(4-5-13(11)14)17-9-10(2)8-16/h4-6,10,15-16H,3,7-9H2,1-2H3. The van der Waals surface area contributed by atoms with Crippen LogP contribution >= 0.6 is 15.9 Å². The van der Waals surface area contributed by atoms with Gasteiger partial charge in [0.15, 0.2) is 0 Å². The molecule has 0 saturated carbocycles. The number of nitrogens with one attached hydrogen (secondary N) is 1. The van der Waals surface area contributed by atoms with Gasteiger partial charge in [-0.15, -0.1) is 0 Å². The van der Waals surface area contributed by atoms with Gasteiger partial charge in [0.05, 0.1) is 6.61 Å². The number of aliphatic hydroxyl groups excluding tert-OH is 1. The lowest BCUT2D eigenvalue weighted by Crippen LogP contribution is -2.14. The highest BCUT2D eigenvalue weighted by atomic mass is 79.9. The summed E-state index contributed by atoms with van der Waals surface area (Å²) in [4.78, 5) is 0. The van der Waals surface area contributed by atoms with Crippen LogP contribution in [0.15, 0.2) is 22.7 Å². The molecule has 0 aliphatic rings. The summed E-state index contributed by atoms with van der Waals surface area (Å²) >= 11 is 3.52. The highest BCUT2D eigenvalue weighted by molar-refractivity contribution is 9.10. The van der Waals surface area contributed by atoms with Crippen molar-refractivity contribution in [1.29, 1.82) is 0 Å². The molecule has 3 nitrogen and oxygen atoms in total. The third-order valence-corrected chi connectivity index (χ3v) is 3.20. The van der Waals surface area contributed by atoms with Gasteiger partial charge in [-0.3, -0.25) is 0 Å². The lowest BCUT2D eigenvalue weighted by Gasteiger charge is -2.12. The SMILES string of the molecule is CCNCc1cc(OCC(C)CO)ccc1Br. The van der Waals surface area contributed by atoms with Crippen molar-refractivity contribution in [3.05, 3.63) is 28.2 Å². The maximum Gasteiger partial charge on any atom is 0.119 e. The molecule has 1 unspecified atom stereocenters. The zero-order valence-corrected chi connectivity index (χ0v) is 12.0. The molecule has 96 valence electrons. The van der Waals surface area contributed by atoms with E-state index in [0.29, 0.717) is 6.61 Å². The van der Waals surface area contributed by atoms with Gasteiger partial charge in [-0.05, 0) is 30.3 Å². The van der Waals surface area contributed by atoms with E-state index >= 15 is 0 Å². The second kappa shape index (κ2) is 7.69. The summed E-state index contributed by atoms with van der Waals surface area (Å²) < 4.78 is 6.71. The minimum atomic E-state index is 0.154. The van der Waals surface area contributed by atoms with E-state index in [1.54, 1.807) is 0 Å². The van der Waals surface area contributed by atoms with Crippen molar-refractivity contribution < 1.29 is 9.84 Å². The molecule has 1 aromatic rings. The molecule has 0 amide bonds. The van der Waals surface area contributed by atoms with Gasteiger partial charge < -0.3 is 15.2 Å². The Hall–Kier alpha value is -0.580. The molecule has 1 rings (SSSR count). The van der Waals surface area contributed by atoms with Gasteiger partial charge in [-0.25, -0.2) is 0 Å². The fourth-order valence-electron chi connectivity index (χ4n) is 1.33. The number of aliphatic hydroxyl groups is 1. The van der Waals surface area contributed by atoms with E-state index in [1.165, 1.54) is 5.56 Å². The normalized spacial score (nSPS) is 12.5. The predicted molar refractivity (Wildman–Crippen MR) is 73.3 cm³/mol. The van der Waals surface area contributed by atoms with Crippen LogP contribution in [0.5, 0.6) is 5.75 Å². The van der Waals surface area contributed by atoms with Crippen molar-refractivity contribution >= 4 is 15.9 Å². The molecule has 0 bridgehead atoms. The summed E-state index contributed by atoms with van der Waals surface area (Å²) in [5, 5.41) is 12.2. The molecular weight excluding hydrogens is 282 g/mol. The lowest BCUT2D eigenvalue weighted by molar-refractivity contribution is 0.174. The van der Waals surface area contributed by atoms with Crippen LogP contribution in [0.4, 0.5) is 0 Å². The maximum absolute atomic E-state index is 8.93. The third kappa shape index (κ3) is 5.06. The Morgan fingerprint density at radius 1 is 1.47 bits per heavy atom. The Morgan fingerprint density at radius 3 is 2.88 bits per heavy atom. The van der Waals surface area contributed by atoms with Crippen LogP contribution in [0, 0.1) is 5.92 Å². The van der Waals surface area contributed by atoms with Crippen molar-refractivity contribution in [2.45, 2.75) is 20.4 Å². The Balaban J connectivity index is 2.61. The molecule has 0 heterocycles. The van der Waals surface area contributed by atoms with Gasteiger partial charge in [0.1, 0.15) is 5.75 Å². The van der Waals surface area contributed by atoms with Gasteiger partial charge in [0.25, 0.3) is 0 Å². The van der Waals surface area contributed by atoms with Crippen molar-refractivity contribution in [3.8, 4) is 5.75 Å². The molecule has 17 heavy (non-hydrogen) atoms. The molecule has 1 atom stereocenters. The monoisotopic (exact) mass is 301 g/mol. The van der Waals surface area contributed by atoms with E-state index < -0.39 is 0 Å². The number of rotatable bonds is 7. The second-order valence-corrected chi connectivity index (χ2v) is 4.99. The average Bonchev–Trinajstić information content (AvgIpc) is 2.35. The second-order valence-electron chi connectivity index (χ2n) is 4.13. The Kier molecular flexibility index (Phi) is 6.55. The minimum absolute atomic E-state index is 0.154. The minimum Gasteiger partial charge on any atom is -0.493 e. The summed E-state index contributed by atoms with van der Waals surface area (Å²) in [6.07, 6.45) is 0. The van der Waals surface area contributed by atoms with E-state index in [9.17, 15) is 0 Å². The predicted octanol–water partition coefficient (Wildman–Crippen LogP) is 2.57. The summed E-state index contributed by atoms with van der Waals surface area (Å²) in [5.41, 5.74) is 1.18. The summed E-state index contributed by atoms with van der Waals surface area (Å²) in [6.45, 7) is 6.50. The van der Waals surface area contributed by atoms with Crippen LogP contribution in [-0.4, -0.2) is 24.9 Å². The van der Waals surface area contributed by atoms with E-state index in [1.807, 2.05) is 25.1 Å². The van der Waals surface area contributed by atoms with E-state index in [0.717, 1.165) is 23.3 Å². The van der Waals surface area contributed by atoms with Crippen LogP contribution in [0.25, 0.3) is 0 Å². The first-order chi connectivity index (χ1) is 8.17. The first-order valence-electron chi connectivity index (χ1n) is 5.90. The maximum atomic E-state index is 8.93. The zero-order chi connectivity index (χ0) is 12.7. The first kappa shape index (κ1) is 14.5. The van der Waals surface area contributed by atoms with Gasteiger partial charge in [-0.1, -0.05) is 29.8 Å². The topological polar surface area (TPSA) is 41.5 Å². The van der Waals surface area contributed by atoms with Crippen LogP contribution in [-0.2, 0) is 6.54 Å². The highest BCUT2D eigenvalue weighted by Crippen LogP contribution is 2.22. The Labute approximate surface area is 111 Å². The van der Waals surface area contributed by atoms with Crippen LogP contribution in [0.1, 0.15) is 19.4 Å². The van der Waals surface area contributed by atoms with E-state index in [-0.39, 0.29) is 12.5 Å². The van der Waals surface area contributed by atoms with Gasteiger partial charge >= 0.3 is 0 Å². The molecule has 0 radical (unpaired) electrons. The molecular formula is C13H20BrNO2. The molecule has 4 heteroatoms. The van der Waals surface area contributed by atoms with Crippen molar-refractivity contribution in [2.75, 3.05) is 19.8 Å².